The summed E-state index contributed by atoms with van der Waals surface area (Å²) in [5, 5.41) is 11.6. The molecule has 0 atom stereocenters. The Morgan fingerprint density at radius 2 is 1.90 bits per heavy atom. The molecule has 2 rings (SSSR count). The van der Waals surface area contributed by atoms with E-state index in [0.717, 1.165) is 0 Å². The minimum atomic E-state index is -1.10. The summed E-state index contributed by atoms with van der Waals surface area (Å²) in [6.07, 6.45) is -0.120. The molecule has 0 heterocycles. The number of halogens is 2. The zero-order valence-electron chi connectivity index (χ0n) is 10.8. The number of carbonyl (C=O) groups is 2. The van der Waals surface area contributed by atoms with Gasteiger partial charge in [0.05, 0.1) is 12.0 Å². The quantitative estimate of drug-likeness (QED) is 0.886. The van der Waals surface area contributed by atoms with Crippen LogP contribution in [0.2, 0.25) is 0 Å². The maximum atomic E-state index is 13.4. The van der Waals surface area contributed by atoms with Crippen LogP contribution in [0.3, 0.4) is 0 Å². The fourth-order valence-corrected chi connectivity index (χ4v) is 2.20. The fourth-order valence-electron chi connectivity index (χ4n) is 1.79. The topological polar surface area (TPSA) is 66.4 Å². The molecule has 0 bridgehead atoms. The Kier molecular flexibility index (Phi) is 4.70. The number of aromatic carboxylic acids is 1. The summed E-state index contributed by atoms with van der Waals surface area (Å²) in [5.41, 5.74) is 0.668. The van der Waals surface area contributed by atoms with Crippen molar-refractivity contribution in [3.63, 3.8) is 0 Å². The lowest BCUT2D eigenvalue weighted by Crippen LogP contribution is -2.15. The molecular formula is C15H11BrFNO3. The number of hydrogen-bond donors (Lipinski definition) is 2. The predicted molar refractivity (Wildman–Crippen MR) is 79.8 cm³/mol. The number of carboxylic acid groups (broad SMARTS) is 1. The van der Waals surface area contributed by atoms with Crippen LogP contribution in [0.15, 0.2) is 46.9 Å². The first kappa shape index (κ1) is 15.2. The Bertz CT molecular complexity index is 703. The van der Waals surface area contributed by atoms with Crippen molar-refractivity contribution in [2.75, 3.05) is 5.32 Å². The molecule has 0 aliphatic heterocycles. The molecule has 0 aromatic heterocycles. The third-order valence-electron chi connectivity index (χ3n) is 2.79. The second-order valence-corrected chi connectivity index (χ2v) is 5.17. The summed E-state index contributed by atoms with van der Waals surface area (Å²) in [7, 11) is 0. The second-order valence-electron chi connectivity index (χ2n) is 4.32. The number of anilines is 1. The Morgan fingerprint density at radius 3 is 2.57 bits per heavy atom. The summed E-state index contributed by atoms with van der Waals surface area (Å²) in [4.78, 5) is 22.9. The van der Waals surface area contributed by atoms with Gasteiger partial charge in [-0.2, -0.15) is 0 Å². The van der Waals surface area contributed by atoms with Gasteiger partial charge in [-0.15, -0.1) is 0 Å². The minimum absolute atomic E-state index is 0.0405. The van der Waals surface area contributed by atoms with E-state index < -0.39 is 17.7 Å². The molecule has 0 aliphatic carbocycles. The molecule has 4 nitrogen and oxygen atoms in total. The van der Waals surface area contributed by atoms with Crippen molar-refractivity contribution >= 4 is 33.5 Å². The molecule has 2 N–H and O–H groups in total. The van der Waals surface area contributed by atoms with Crippen LogP contribution < -0.4 is 5.32 Å². The maximum Gasteiger partial charge on any atom is 0.336 e. The van der Waals surface area contributed by atoms with Crippen LogP contribution in [0.1, 0.15) is 15.9 Å². The smallest absolute Gasteiger partial charge is 0.336 e. The Hall–Kier alpha value is -2.21. The highest BCUT2D eigenvalue weighted by molar-refractivity contribution is 9.10. The third-order valence-corrected chi connectivity index (χ3v) is 3.48. The zero-order valence-corrected chi connectivity index (χ0v) is 12.4. The molecule has 1 amide bonds. The lowest BCUT2D eigenvalue weighted by molar-refractivity contribution is -0.115. The van der Waals surface area contributed by atoms with E-state index >= 15 is 0 Å². The largest absolute Gasteiger partial charge is 0.478 e. The SMILES string of the molecule is O=C(Cc1ccccc1F)Nc1ccc(Br)c(C(=O)O)c1. The van der Waals surface area contributed by atoms with Crippen molar-refractivity contribution in [2.45, 2.75) is 6.42 Å². The molecule has 2 aromatic rings. The van der Waals surface area contributed by atoms with Gasteiger partial charge in [-0.1, -0.05) is 18.2 Å². The summed E-state index contributed by atoms with van der Waals surface area (Å²) in [6.45, 7) is 0. The van der Waals surface area contributed by atoms with Gasteiger partial charge in [-0.05, 0) is 45.8 Å². The van der Waals surface area contributed by atoms with E-state index in [9.17, 15) is 14.0 Å². The first-order valence-corrected chi connectivity index (χ1v) is 6.83. The van der Waals surface area contributed by atoms with Crippen LogP contribution in [0, 0.1) is 5.82 Å². The number of nitrogens with one attached hydrogen (secondary N) is 1. The molecule has 0 fully saturated rings. The van der Waals surface area contributed by atoms with Crippen LogP contribution in [0.4, 0.5) is 10.1 Å². The Morgan fingerprint density at radius 1 is 1.19 bits per heavy atom. The van der Waals surface area contributed by atoms with Gasteiger partial charge >= 0.3 is 5.97 Å². The van der Waals surface area contributed by atoms with Gasteiger partial charge in [0.1, 0.15) is 5.82 Å². The van der Waals surface area contributed by atoms with Crippen LogP contribution in [0.5, 0.6) is 0 Å². The monoisotopic (exact) mass is 351 g/mol. The van der Waals surface area contributed by atoms with E-state index in [-0.39, 0.29) is 17.5 Å². The minimum Gasteiger partial charge on any atom is -0.478 e. The average Bonchev–Trinajstić information content (AvgIpc) is 2.43. The number of carbonyl (C=O) groups excluding carboxylic acids is 1. The molecule has 0 saturated heterocycles. The normalized spacial score (nSPS) is 10.2. The molecule has 21 heavy (non-hydrogen) atoms. The number of carboxylic acids is 1. The summed E-state index contributed by atoms with van der Waals surface area (Å²) >= 11 is 3.12. The van der Waals surface area contributed by atoms with Gasteiger partial charge < -0.3 is 10.4 Å². The van der Waals surface area contributed by atoms with E-state index in [2.05, 4.69) is 21.2 Å². The average molecular weight is 352 g/mol. The highest BCUT2D eigenvalue weighted by Crippen LogP contribution is 2.21. The van der Waals surface area contributed by atoms with Crippen molar-refractivity contribution in [1.29, 1.82) is 0 Å². The van der Waals surface area contributed by atoms with Crippen molar-refractivity contribution < 1.29 is 19.1 Å². The lowest BCUT2D eigenvalue weighted by atomic mass is 10.1. The van der Waals surface area contributed by atoms with Crippen molar-refractivity contribution in [1.82, 2.24) is 0 Å². The summed E-state index contributed by atoms with van der Waals surface area (Å²) in [6, 6.07) is 10.4. The van der Waals surface area contributed by atoms with Gasteiger partial charge in [0, 0.05) is 10.2 Å². The molecule has 0 spiro atoms. The molecule has 0 unspecified atom stereocenters. The van der Waals surface area contributed by atoms with Crippen molar-refractivity contribution in [2.24, 2.45) is 0 Å². The fraction of sp³-hybridized carbons (Fsp3) is 0.0667. The Balaban J connectivity index is 2.12. The molecule has 2 aromatic carbocycles. The van der Waals surface area contributed by atoms with Crippen molar-refractivity contribution in [3.8, 4) is 0 Å². The number of benzene rings is 2. The molecule has 6 heteroatoms. The molecular weight excluding hydrogens is 341 g/mol. The van der Waals surface area contributed by atoms with Gasteiger partial charge in [0.15, 0.2) is 0 Å². The van der Waals surface area contributed by atoms with Crippen LogP contribution >= 0.6 is 15.9 Å². The van der Waals surface area contributed by atoms with Gasteiger partial charge in [0.2, 0.25) is 5.91 Å². The maximum absolute atomic E-state index is 13.4. The van der Waals surface area contributed by atoms with E-state index in [0.29, 0.717) is 10.2 Å². The predicted octanol–water partition coefficient (Wildman–Crippen LogP) is 3.47. The molecule has 108 valence electrons. The first-order valence-electron chi connectivity index (χ1n) is 6.03. The van der Waals surface area contributed by atoms with Crippen molar-refractivity contribution in [3.05, 3.63) is 63.9 Å². The van der Waals surface area contributed by atoms with E-state index in [1.54, 1.807) is 18.2 Å². The molecule has 0 saturated carbocycles. The second kappa shape index (κ2) is 6.49. The number of hydrogen-bond acceptors (Lipinski definition) is 2. The van der Waals surface area contributed by atoms with Gasteiger partial charge in [-0.25, -0.2) is 9.18 Å². The summed E-state index contributed by atoms with van der Waals surface area (Å²) in [5.74, 6) is -1.97. The highest BCUT2D eigenvalue weighted by Gasteiger charge is 2.12. The lowest BCUT2D eigenvalue weighted by Gasteiger charge is -2.08. The van der Waals surface area contributed by atoms with Crippen LogP contribution in [-0.4, -0.2) is 17.0 Å². The molecule has 0 aliphatic rings. The van der Waals surface area contributed by atoms with E-state index in [4.69, 9.17) is 5.11 Å². The third kappa shape index (κ3) is 3.88. The first-order chi connectivity index (χ1) is 9.97. The molecule has 0 radical (unpaired) electrons. The highest BCUT2D eigenvalue weighted by atomic mass is 79.9. The van der Waals surface area contributed by atoms with Gasteiger partial charge in [0.25, 0.3) is 0 Å². The number of amides is 1. The van der Waals surface area contributed by atoms with Gasteiger partial charge in [-0.3, -0.25) is 4.79 Å². The zero-order chi connectivity index (χ0) is 15.4. The van der Waals surface area contributed by atoms with E-state index in [1.165, 1.54) is 24.3 Å². The van der Waals surface area contributed by atoms with E-state index in [1.807, 2.05) is 0 Å². The summed E-state index contributed by atoms with van der Waals surface area (Å²) < 4.78 is 13.9. The Labute approximate surface area is 128 Å². The number of rotatable bonds is 4. The standard InChI is InChI=1S/C15H11BrFNO3/c16-12-6-5-10(8-11(12)15(20)21)18-14(19)7-9-3-1-2-4-13(9)17/h1-6,8H,7H2,(H,18,19)(H,20,21). The van der Waals surface area contributed by atoms with Crippen LogP contribution in [0.25, 0.3) is 0 Å². The van der Waals surface area contributed by atoms with Crippen LogP contribution in [-0.2, 0) is 11.2 Å².